The zero-order chi connectivity index (χ0) is 30.1. The molecule has 1 amide bonds. The molecule has 6 N–H and O–H groups in total. The minimum Gasteiger partial charge on any atom is -0.508 e. The van der Waals surface area contributed by atoms with Crippen molar-refractivity contribution in [3.8, 4) is 16.9 Å². The quantitative estimate of drug-likeness (QED) is 0.323. The molecule has 222 valence electrons. The van der Waals surface area contributed by atoms with Crippen LogP contribution in [0.25, 0.3) is 16.9 Å². The van der Waals surface area contributed by atoms with Gasteiger partial charge in [0.2, 0.25) is 5.78 Å². The number of nitrogens with zero attached hydrogens (tertiary/aromatic N) is 1. The summed E-state index contributed by atoms with van der Waals surface area (Å²) in [6.07, 6.45) is 9.54. The number of likely N-dealkylation sites (N-methyl/N-ethyl adjacent to an activating group) is 1. The highest BCUT2D eigenvalue weighted by molar-refractivity contribution is 6.24. The van der Waals surface area contributed by atoms with E-state index in [1.165, 1.54) is 17.7 Å². The standard InChI is InChI=1S/C32H36N2O8/c1-34(2)25-21-13-18-12-20-19(17-9-10-42-14-17)11-16(8-7-15-5-3-4-6-15)26(35)23(20)27(36)22(18)29(38)32(21,41)30(39)24(28(25)37)31(33)40/h9-11,14-15,18,21,25,35-36,39,41H,3-8,12-13H2,1-2H3,(H2,33,40)/t18-,21-,25-,32-/m0/s1. The number of aromatic hydroxyl groups is 1. The Balaban J connectivity index is 1.52. The molecule has 0 saturated heterocycles. The van der Waals surface area contributed by atoms with Crippen LogP contribution in [0.5, 0.6) is 5.75 Å². The topological polar surface area (TPSA) is 175 Å². The lowest BCUT2D eigenvalue weighted by atomic mass is 9.57. The number of carbonyl (C=O) groups is 3. The van der Waals surface area contributed by atoms with E-state index in [4.69, 9.17) is 10.2 Å². The first kappa shape index (κ1) is 28.2. The molecule has 2 fully saturated rings. The SMILES string of the molecule is CN(C)[C@@H]1C(=O)C(C(N)=O)=C(O)[C@@]2(O)C(=O)C3=C(O)c4c(O)c(CCC5CCCC5)cc(-c5ccoc5)c4C[C@H]3C[C@@H]12. The van der Waals surface area contributed by atoms with Crippen molar-refractivity contribution >= 4 is 23.2 Å². The van der Waals surface area contributed by atoms with Crippen LogP contribution in [0.3, 0.4) is 0 Å². The third kappa shape index (κ3) is 4.03. The number of aryl methyl sites for hydroxylation is 1. The van der Waals surface area contributed by atoms with Gasteiger partial charge in [-0.3, -0.25) is 19.3 Å². The van der Waals surface area contributed by atoms with E-state index in [1.807, 2.05) is 6.07 Å². The Labute approximate surface area is 243 Å². The van der Waals surface area contributed by atoms with Gasteiger partial charge < -0.3 is 30.6 Å². The van der Waals surface area contributed by atoms with Gasteiger partial charge >= 0.3 is 0 Å². The highest BCUT2D eigenvalue weighted by atomic mass is 16.3. The molecule has 1 heterocycles. The Bertz CT molecular complexity index is 1550. The highest BCUT2D eigenvalue weighted by Gasteiger charge is 2.64. The van der Waals surface area contributed by atoms with Crippen LogP contribution in [-0.4, -0.2) is 68.5 Å². The van der Waals surface area contributed by atoms with E-state index in [9.17, 15) is 34.8 Å². The third-order valence-electron chi connectivity index (χ3n) is 9.93. The monoisotopic (exact) mass is 576 g/mol. The Morgan fingerprint density at radius 2 is 1.88 bits per heavy atom. The summed E-state index contributed by atoms with van der Waals surface area (Å²) in [4.78, 5) is 41.2. The maximum absolute atomic E-state index is 14.2. The smallest absolute Gasteiger partial charge is 0.255 e. The zero-order valence-electron chi connectivity index (χ0n) is 23.7. The van der Waals surface area contributed by atoms with Crippen molar-refractivity contribution < 1.29 is 39.2 Å². The predicted molar refractivity (Wildman–Crippen MR) is 152 cm³/mol. The van der Waals surface area contributed by atoms with Gasteiger partial charge in [0.25, 0.3) is 5.91 Å². The van der Waals surface area contributed by atoms with Gasteiger partial charge in [-0.1, -0.05) is 25.7 Å². The largest absolute Gasteiger partial charge is 0.508 e. The summed E-state index contributed by atoms with van der Waals surface area (Å²) in [5, 5.41) is 46.2. The molecule has 0 aliphatic heterocycles. The molecule has 0 spiro atoms. The summed E-state index contributed by atoms with van der Waals surface area (Å²) in [6, 6.07) is 2.60. The molecule has 10 heteroatoms. The molecule has 6 rings (SSSR count). The fraction of sp³-hybridized carbons (Fsp3) is 0.469. The number of aliphatic hydroxyl groups is 3. The molecule has 4 atom stereocenters. The Kier molecular flexibility index (Phi) is 6.81. The van der Waals surface area contributed by atoms with Gasteiger partial charge in [0.15, 0.2) is 11.4 Å². The third-order valence-corrected chi connectivity index (χ3v) is 9.93. The summed E-state index contributed by atoms with van der Waals surface area (Å²) in [5.41, 5.74) is 4.68. The van der Waals surface area contributed by atoms with E-state index in [0.717, 1.165) is 30.4 Å². The molecular formula is C32H36N2O8. The van der Waals surface area contributed by atoms with E-state index in [0.29, 0.717) is 23.5 Å². The van der Waals surface area contributed by atoms with E-state index in [-0.39, 0.29) is 29.7 Å². The van der Waals surface area contributed by atoms with Crippen molar-refractivity contribution in [2.45, 2.75) is 63.0 Å². The molecule has 10 nitrogen and oxygen atoms in total. The lowest BCUT2D eigenvalue weighted by Gasteiger charge is -2.50. The Morgan fingerprint density at radius 1 is 1.17 bits per heavy atom. The van der Waals surface area contributed by atoms with E-state index in [1.54, 1.807) is 32.7 Å². The second kappa shape index (κ2) is 10.1. The van der Waals surface area contributed by atoms with Crippen molar-refractivity contribution in [2.75, 3.05) is 14.1 Å². The maximum Gasteiger partial charge on any atom is 0.255 e. The first-order valence-corrected chi connectivity index (χ1v) is 14.5. The second-order valence-corrected chi connectivity index (χ2v) is 12.4. The number of phenolic OH excluding ortho intramolecular Hbond substituents is 1. The number of aliphatic hydroxyl groups excluding tert-OH is 2. The molecule has 2 saturated carbocycles. The lowest BCUT2D eigenvalue weighted by molar-refractivity contribution is -0.153. The van der Waals surface area contributed by atoms with Crippen LogP contribution in [-0.2, 0) is 27.2 Å². The Morgan fingerprint density at radius 3 is 2.50 bits per heavy atom. The molecule has 0 radical (unpaired) electrons. The van der Waals surface area contributed by atoms with Crippen LogP contribution in [0.1, 0.15) is 55.2 Å². The summed E-state index contributed by atoms with van der Waals surface area (Å²) < 4.78 is 5.36. The summed E-state index contributed by atoms with van der Waals surface area (Å²) in [7, 11) is 3.16. The number of carbonyl (C=O) groups excluding carboxylic acids is 3. The number of rotatable bonds is 6. The number of primary amides is 1. The van der Waals surface area contributed by atoms with Gasteiger partial charge in [-0.25, -0.2) is 0 Å². The number of Topliss-reactive ketones (excluding diaryl/α,β-unsaturated/α-hetero) is 2. The molecule has 4 aliphatic carbocycles. The van der Waals surface area contributed by atoms with Crippen LogP contribution in [0.4, 0.5) is 0 Å². The maximum atomic E-state index is 14.2. The van der Waals surface area contributed by atoms with Gasteiger partial charge in [-0.2, -0.15) is 0 Å². The van der Waals surface area contributed by atoms with E-state index < -0.39 is 58.0 Å². The average molecular weight is 577 g/mol. The van der Waals surface area contributed by atoms with Crippen LogP contribution < -0.4 is 5.73 Å². The van der Waals surface area contributed by atoms with E-state index in [2.05, 4.69) is 0 Å². The van der Waals surface area contributed by atoms with Gasteiger partial charge in [0.1, 0.15) is 22.8 Å². The number of phenols is 1. The van der Waals surface area contributed by atoms with Crippen molar-refractivity contribution in [3.05, 3.63) is 58.3 Å². The molecule has 0 bridgehead atoms. The molecule has 1 aromatic heterocycles. The molecule has 2 aromatic rings. The average Bonchev–Trinajstić information content (AvgIpc) is 3.65. The zero-order valence-corrected chi connectivity index (χ0v) is 23.7. The fourth-order valence-corrected chi connectivity index (χ4v) is 7.89. The predicted octanol–water partition coefficient (Wildman–Crippen LogP) is 3.35. The summed E-state index contributed by atoms with van der Waals surface area (Å²) in [5.74, 6) is -5.92. The summed E-state index contributed by atoms with van der Waals surface area (Å²) in [6.45, 7) is 0. The van der Waals surface area contributed by atoms with Gasteiger partial charge in [0, 0.05) is 17.1 Å². The molecule has 1 aromatic carbocycles. The van der Waals surface area contributed by atoms with Gasteiger partial charge in [-0.05, 0) is 80.4 Å². The van der Waals surface area contributed by atoms with Crippen LogP contribution in [0, 0.1) is 17.8 Å². The minimum atomic E-state index is -2.66. The molecule has 0 unspecified atom stereocenters. The number of hydrogen-bond donors (Lipinski definition) is 5. The molecular weight excluding hydrogens is 540 g/mol. The highest BCUT2D eigenvalue weighted by Crippen LogP contribution is 2.54. The van der Waals surface area contributed by atoms with Crippen molar-refractivity contribution in [1.29, 1.82) is 0 Å². The number of fused-ring (bicyclic) bond motifs is 3. The fourth-order valence-electron chi connectivity index (χ4n) is 7.89. The number of benzene rings is 1. The van der Waals surface area contributed by atoms with Crippen LogP contribution >= 0.6 is 0 Å². The first-order valence-electron chi connectivity index (χ1n) is 14.5. The number of nitrogens with two attached hydrogens (primary N) is 1. The number of furan rings is 1. The number of ketones is 2. The first-order chi connectivity index (χ1) is 20.0. The molecule has 42 heavy (non-hydrogen) atoms. The van der Waals surface area contributed by atoms with Crippen LogP contribution in [0.15, 0.2) is 46.0 Å². The van der Waals surface area contributed by atoms with Crippen LogP contribution in [0.2, 0.25) is 0 Å². The van der Waals surface area contributed by atoms with Crippen molar-refractivity contribution in [2.24, 2.45) is 23.5 Å². The Hall–Kier alpha value is -3.89. The van der Waals surface area contributed by atoms with Gasteiger partial charge in [-0.15, -0.1) is 0 Å². The molecule has 4 aliphatic rings. The second-order valence-electron chi connectivity index (χ2n) is 12.4. The minimum absolute atomic E-state index is 0.0424. The summed E-state index contributed by atoms with van der Waals surface area (Å²) >= 11 is 0. The number of hydrogen-bond acceptors (Lipinski definition) is 9. The lowest BCUT2D eigenvalue weighted by Crippen LogP contribution is -2.65. The number of amides is 1. The van der Waals surface area contributed by atoms with Crippen molar-refractivity contribution in [1.82, 2.24) is 4.90 Å². The van der Waals surface area contributed by atoms with E-state index >= 15 is 0 Å². The normalized spacial score (nSPS) is 27.9. The van der Waals surface area contributed by atoms with Crippen molar-refractivity contribution in [3.63, 3.8) is 0 Å². The van der Waals surface area contributed by atoms with Gasteiger partial charge in [0.05, 0.1) is 24.1 Å².